The van der Waals surface area contributed by atoms with Crippen molar-refractivity contribution in [2.24, 2.45) is 5.73 Å². The number of hydrogen-bond donors (Lipinski definition) is 1. The smallest absolute Gasteiger partial charge is 0.416 e. The van der Waals surface area contributed by atoms with Crippen molar-refractivity contribution in [2.45, 2.75) is 19.1 Å². The molecule has 1 rings (SSSR count). The number of alkyl halides is 3. The van der Waals surface area contributed by atoms with Crippen LogP contribution >= 0.6 is 0 Å². The Morgan fingerprint density at radius 1 is 1.33 bits per heavy atom. The molecule has 0 fully saturated rings. The summed E-state index contributed by atoms with van der Waals surface area (Å²) in [5.74, 6) is 0.373. The van der Waals surface area contributed by atoms with E-state index in [0.717, 1.165) is 12.1 Å². The van der Waals surface area contributed by atoms with Gasteiger partial charge in [-0.3, -0.25) is 0 Å². The largest absolute Gasteiger partial charge is 0.496 e. The van der Waals surface area contributed by atoms with Gasteiger partial charge in [-0.25, -0.2) is 0 Å². The summed E-state index contributed by atoms with van der Waals surface area (Å²) in [5, 5.41) is 0. The molecule has 84 valence electrons. The van der Waals surface area contributed by atoms with E-state index in [4.69, 9.17) is 10.5 Å². The van der Waals surface area contributed by atoms with Crippen LogP contribution in [-0.2, 0) is 6.18 Å². The Morgan fingerprint density at radius 2 is 1.93 bits per heavy atom. The quantitative estimate of drug-likeness (QED) is 0.830. The summed E-state index contributed by atoms with van der Waals surface area (Å²) in [6.45, 7) is 1.61. The van der Waals surface area contributed by atoms with Gasteiger partial charge in [0.25, 0.3) is 0 Å². The van der Waals surface area contributed by atoms with Crippen LogP contribution in [0.3, 0.4) is 0 Å². The highest BCUT2D eigenvalue weighted by atomic mass is 19.4. The fourth-order valence-electron chi connectivity index (χ4n) is 1.27. The predicted molar refractivity (Wildman–Crippen MR) is 50.6 cm³/mol. The van der Waals surface area contributed by atoms with Gasteiger partial charge in [-0.15, -0.1) is 0 Å². The van der Waals surface area contributed by atoms with Crippen LogP contribution in [0.15, 0.2) is 18.2 Å². The summed E-state index contributed by atoms with van der Waals surface area (Å²) in [6.07, 6.45) is -4.35. The zero-order valence-electron chi connectivity index (χ0n) is 8.43. The third kappa shape index (κ3) is 2.62. The van der Waals surface area contributed by atoms with Crippen molar-refractivity contribution in [3.05, 3.63) is 29.3 Å². The minimum atomic E-state index is -4.35. The van der Waals surface area contributed by atoms with Gasteiger partial charge in [-0.05, 0) is 25.1 Å². The van der Waals surface area contributed by atoms with Gasteiger partial charge in [0.05, 0.1) is 12.7 Å². The highest BCUT2D eigenvalue weighted by Gasteiger charge is 2.31. The lowest BCUT2D eigenvalue weighted by Crippen LogP contribution is -2.11. The van der Waals surface area contributed by atoms with Gasteiger partial charge in [0.1, 0.15) is 5.75 Å². The molecule has 2 nitrogen and oxygen atoms in total. The number of nitrogens with two attached hydrogens (primary N) is 1. The van der Waals surface area contributed by atoms with Gasteiger partial charge in [0.2, 0.25) is 0 Å². The molecule has 0 aliphatic rings. The Balaban J connectivity index is 3.22. The monoisotopic (exact) mass is 219 g/mol. The van der Waals surface area contributed by atoms with E-state index in [9.17, 15) is 13.2 Å². The first-order valence-electron chi connectivity index (χ1n) is 4.37. The molecule has 0 amide bonds. The average Bonchev–Trinajstić information content (AvgIpc) is 2.15. The standard InChI is InChI=1S/C10H12F3NO/c1-6(14)8-5-7(10(11,12)13)3-4-9(8)15-2/h3-6H,14H2,1-2H3/t6-/m1/s1. The van der Waals surface area contributed by atoms with E-state index in [1.54, 1.807) is 6.92 Å². The van der Waals surface area contributed by atoms with Crippen LogP contribution < -0.4 is 10.5 Å². The van der Waals surface area contributed by atoms with E-state index in [1.807, 2.05) is 0 Å². The Hall–Kier alpha value is -1.23. The lowest BCUT2D eigenvalue weighted by atomic mass is 10.0. The molecule has 0 unspecified atom stereocenters. The first-order chi connectivity index (χ1) is 6.86. The first kappa shape index (κ1) is 11.8. The molecule has 0 spiro atoms. The van der Waals surface area contributed by atoms with E-state index in [2.05, 4.69) is 0 Å². The average molecular weight is 219 g/mol. The Kier molecular flexibility index (Phi) is 3.24. The van der Waals surface area contributed by atoms with Crippen LogP contribution in [0.25, 0.3) is 0 Å². The number of benzene rings is 1. The topological polar surface area (TPSA) is 35.2 Å². The maximum Gasteiger partial charge on any atom is 0.416 e. The molecule has 0 aromatic heterocycles. The van der Waals surface area contributed by atoms with E-state index >= 15 is 0 Å². The van der Waals surface area contributed by atoms with Crippen LogP contribution in [0.1, 0.15) is 24.1 Å². The van der Waals surface area contributed by atoms with Crippen LogP contribution in [0.2, 0.25) is 0 Å². The minimum Gasteiger partial charge on any atom is -0.496 e. The second kappa shape index (κ2) is 4.10. The molecule has 0 saturated carbocycles. The van der Waals surface area contributed by atoms with Crippen LogP contribution in [0.5, 0.6) is 5.75 Å². The summed E-state index contributed by atoms with van der Waals surface area (Å²) in [4.78, 5) is 0. The molecule has 1 aromatic carbocycles. The second-order valence-corrected chi connectivity index (χ2v) is 3.24. The molecule has 0 aliphatic heterocycles. The fraction of sp³-hybridized carbons (Fsp3) is 0.400. The predicted octanol–water partition coefficient (Wildman–Crippen LogP) is 2.73. The third-order valence-corrected chi connectivity index (χ3v) is 2.05. The molecule has 1 atom stereocenters. The van der Waals surface area contributed by atoms with Crippen molar-refractivity contribution in [3.8, 4) is 5.75 Å². The molecule has 0 bridgehead atoms. The van der Waals surface area contributed by atoms with Crippen LogP contribution in [0, 0.1) is 0 Å². The van der Waals surface area contributed by atoms with Crippen molar-refractivity contribution in [2.75, 3.05) is 7.11 Å². The van der Waals surface area contributed by atoms with Gasteiger partial charge >= 0.3 is 6.18 Å². The molecule has 0 radical (unpaired) electrons. The number of rotatable bonds is 2. The van der Waals surface area contributed by atoms with E-state index in [0.29, 0.717) is 11.3 Å². The zero-order chi connectivity index (χ0) is 11.6. The number of methoxy groups -OCH3 is 1. The summed E-state index contributed by atoms with van der Waals surface area (Å²) < 4.78 is 42.1. The maximum absolute atomic E-state index is 12.4. The zero-order valence-corrected chi connectivity index (χ0v) is 8.43. The lowest BCUT2D eigenvalue weighted by Gasteiger charge is -2.14. The Morgan fingerprint density at radius 3 is 2.33 bits per heavy atom. The van der Waals surface area contributed by atoms with E-state index in [-0.39, 0.29) is 0 Å². The molecule has 2 N–H and O–H groups in total. The number of halogens is 3. The molecule has 5 heteroatoms. The van der Waals surface area contributed by atoms with Crippen molar-refractivity contribution < 1.29 is 17.9 Å². The van der Waals surface area contributed by atoms with Crippen molar-refractivity contribution >= 4 is 0 Å². The number of hydrogen-bond acceptors (Lipinski definition) is 2. The van der Waals surface area contributed by atoms with Gasteiger partial charge in [-0.1, -0.05) is 0 Å². The van der Waals surface area contributed by atoms with Crippen molar-refractivity contribution in [3.63, 3.8) is 0 Å². The lowest BCUT2D eigenvalue weighted by molar-refractivity contribution is -0.137. The first-order valence-corrected chi connectivity index (χ1v) is 4.37. The van der Waals surface area contributed by atoms with Crippen LogP contribution in [-0.4, -0.2) is 7.11 Å². The Bertz CT molecular complexity index is 347. The Labute approximate surface area is 85.8 Å². The molecule has 0 aliphatic carbocycles. The van der Waals surface area contributed by atoms with Crippen LogP contribution in [0.4, 0.5) is 13.2 Å². The van der Waals surface area contributed by atoms with Gasteiger partial charge in [0, 0.05) is 11.6 Å². The molecule has 15 heavy (non-hydrogen) atoms. The molecule has 0 heterocycles. The molecule has 1 aromatic rings. The number of ether oxygens (including phenoxy) is 1. The fourth-order valence-corrected chi connectivity index (χ4v) is 1.27. The van der Waals surface area contributed by atoms with Gasteiger partial charge < -0.3 is 10.5 Å². The molecular formula is C10H12F3NO. The summed E-state index contributed by atoms with van der Waals surface area (Å²) in [6, 6.07) is 2.78. The summed E-state index contributed by atoms with van der Waals surface area (Å²) >= 11 is 0. The van der Waals surface area contributed by atoms with E-state index < -0.39 is 17.8 Å². The highest BCUT2D eigenvalue weighted by Crippen LogP contribution is 2.34. The van der Waals surface area contributed by atoms with Gasteiger partial charge in [-0.2, -0.15) is 13.2 Å². The third-order valence-electron chi connectivity index (χ3n) is 2.05. The maximum atomic E-state index is 12.4. The summed E-state index contributed by atoms with van der Waals surface area (Å²) in [5.41, 5.74) is 5.20. The minimum absolute atomic E-state index is 0.354. The summed E-state index contributed by atoms with van der Waals surface area (Å²) in [7, 11) is 1.40. The second-order valence-electron chi connectivity index (χ2n) is 3.24. The van der Waals surface area contributed by atoms with Crippen molar-refractivity contribution in [1.29, 1.82) is 0 Å². The normalized spacial score (nSPS) is 13.7. The van der Waals surface area contributed by atoms with E-state index in [1.165, 1.54) is 13.2 Å². The SMILES string of the molecule is COc1ccc(C(F)(F)F)cc1[C@@H](C)N. The molecular weight excluding hydrogens is 207 g/mol. The molecule has 0 saturated heterocycles. The van der Waals surface area contributed by atoms with Crippen molar-refractivity contribution in [1.82, 2.24) is 0 Å². The highest BCUT2D eigenvalue weighted by molar-refractivity contribution is 5.40. The van der Waals surface area contributed by atoms with Gasteiger partial charge in [0.15, 0.2) is 0 Å².